The van der Waals surface area contributed by atoms with E-state index in [9.17, 15) is 0 Å². The molecule has 0 unspecified atom stereocenters. The van der Waals surface area contributed by atoms with Gasteiger partial charge in [-0.2, -0.15) is 5.10 Å². The van der Waals surface area contributed by atoms with Crippen LogP contribution < -0.4 is 10.5 Å². The minimum absolute atomic E-state index is 0.495. The van der Waals surface area contributed by atoms with Crippen LogP contribution >= 0.6 is 11.6 Å². The minimum atomic E-state index is 0.495. The lowest BCUT2D eigenvalue weighted by molar-refractivity contribution is 0.414. The van der Waals surface area contributed by atoms with Gasteiger partial charge in [0.25, 0.3) is 0 Å². The Hall–Kier alpha value is -1.68. The van der Waals surface area contributed by atoms with Crippen LogP contribution in [-0.4, -0.2) is 17.3 Å². The summed E-state index contributed by atoms with van der Waals surface area (Å²) in [5, 5.41) is 7.22. The highest BCUT2D eigenvalue weighted by molar-refractivity contribution is 6.34. The summed E-state index contributed by atoms with van der Waals surface area (Å²) in [4.78, 5) is 0. The minimum Gasteiger partial charge on any atom is -0.497 e. The predicted octanol–water partition coefficient (Wildman–Crippen LogP) is 2.63. The van der Waals surface area contributed by atoms with E-state index in [-0.39, 0.29) is 0 Å². The lowest BCUT2D eigenvalue weighted by atomic mass is 10.1. The van der Waals surface area contributed by atoms with Crippen LogP contribution in [0.4, 0.5) is 5.82 Å². The molecule has 84 valence electrons. The first-order valence-electron chi connectivity index (χ1n) is 4.77. The Balaban J connectivity index is 2.64. The van der Waals surface area contributed by atoms with E-state index in [4.69, 9.17) is 22.1 Å². The number of ether oxygens (including phenoxy) is 1. The lowest BCUT2D eigenvalue weighted by Crippen LogP contribution is -1.91. The molecule has 0 amide bonds. The summed E-state index contributed by atoms with van der Waals surface area (Å²) >= 11 is 6.23. The highest BCUT2D eigenvalue weighted by Crippen LogP contribution is 2.36. The van der Waals surface area contributed by atoms with Crippen molar-refractivity contribution in [3.8, 4) is 16.9 Å². The molecule has 5 heteroatoms. The van der Waals surface area contributed by atoms with Gasteiger partial charge in [-0.25, -0.2) is 0 Å². The summed E-state index contributed by atoms with van der Waals surface area (Å²) < 4.78 is 5.20. The molecule has 0 fully saturated rings. The van der Waals surface area contributed by atoms with Gasteiger partial charge in [0, 0.05) is 11.1 Å². The molecule has 16 heavy (non-hydrogen) atoms. The number of hydrogen-bond acceptors (Lipinski definition) is 3. The second kappa shape index (κ2) is 4.06. The lowest BCUT2D eigenvalue weighted by Gasteiger charge is -2.09. The van der Waals surface area contributed by atoms with E-state index in [2.05, 4.69) is 10.2 Å². The van der Waals surface area contributed by atoms with Gasteiger partial charge in [-0.3, -0.25) is 5.10 Å². The number of nitrogens with zero attached hydrogens (tertiary/aromatic N) is 1. The molecule has 0 aliphatic rings. The number of aromatic amines is 1. The van der Waals surface area contributed by atoms with E-state index in [0.717, 1.165) is 22.4 Å². The van der Waals surface area contributed by atoms with Crippen molar-refractivity contribution in [3.05, 3.63) is 28.9 Å². The van der Waals surface area contributed by atoms with Crippen LogP contribution in [-0.2, 0) is 0 Å². The number of H-pyrrole nitrogens is 1. The normalized spacial score (nSPS) is 10.4. The zero-order valence-electron chi connectivity index (χ0n) is 9.04. The molecule has 0 radical (unpaired) electrons. The van der Waals surface area contributed by atoms with E-state index in [1.54, 1.807) is 13.3 Å². The van der Waals surface area contributed by atoms with Gasteiger partial charge < -0.3 is 10.5 Å². The molecular weight excluding hydrogens is 226 g/mol. The molecule has 4 nitrogen and oxygen atoms in total. The maximum absolute atomic E-state index is 6.23. The van der Waals surface area contributed by atoms with Crippen LogP contribution in [0.3, 0.4) is 0 Å². The van der Waals surface area contributed by atoms with Gasteiger partial charge in [0.2, 0.25) is 0 Å². The topological polar surface area (TPSA) is 63.9 Å². The third-order valence-corrected chi connectivity index (χ3v) is 2.92. The number of nitrogens with two attached hydrogens (primary N) is 1. The highest BCUT2D eigenvalue weighted by Gasteiger charge is 2.12. The van der Waals surface area contributed by atoms with Gasteiger partial charge in [0.1, 0.15) is 11.6 Å². The first-order valence-corrected chi connectivity index (χ1v) is 5.14. The number of rotatable bonds is 2. The summed E-state index contributed by atoms with van der Waals surface area (Å²) in [5.41, 5.74) is 8.31. The molecule has 1 heterocycles. The number of nitrogen functional groups attached to an aromatic ring is 1. The van der Waals surface area contributed by atoms with Crippen molar-refractivity contribution in [1.29, 1.82) is 0 Å². The zero-order chi connectivity index (χ0) is 11.7. The molecule has 0 aliphatic carbocycles. The van der Waals surface area contributed by atoms with Gasteiger partial charge in [0.15, 0.2) is 0 Å². The summed E-state index contributed by atoms with van der Waals surface area (Å²) in [6, 6.07) is 3.72. The number of benzene rings is 1. The van der Waals surface area contributed by atoms with Crippen LogP contribution in [0.1, 0.15) is 5.56 Å². The first kappa shape index (κ1) is 10.8. The van der Waals surface area contributed by atoms with Crippen LogP contribution in [0.2, 0.25) is 5.02 Å². The smallest absolute Gasteiger partial charge is 0.126 e. The number of anilines is 1. The predicted molar refractivity (Wildman–Crippen MR) is 64.7 cm³/mol. The molecular formula is C11H12ClN3O. The van der Waals surface area contributed by atoms with Crippen molar-refractivity contribution in [2.24, 2.45) is 0 Å². The molecule has 0 spiro atoms. The number of aryl methyl sites for hydroxylation is 1. The number of nitrogens with one attached hydrogen (secondary N) is 1. The van der Waals surface area contributed by atoms with Crippen LogP contribution in [0, 0.1) is 6.92 Å². The fourth-order valence-electron chi connectivity index (χ4n) is 1.56. The number of hydrogen-bond donors (Lipinski definition) is 2. The van der Waals surface area contributed by atoms with E-state index >= 15 is 0 Å². The highest BCUT2D eigenvalue weighted by atomic mass is 35.5. The van der Waals surface area contributed by atoms with E-state index < -0.39 is 0 Å². The van der Waals surface area contributed by atoms with Crippen LogP contribution in [0.25, 0.3) is 11.1 Å². The number of halogens is 1. The molecule has 0 bridgehead atoms. The third-order valence-electron chi connectivity index (χ3n) is 2.42. The summed E-state index contributed by atoms with van der Waals surface area (Å²) in [7, 11) is 1.62. The molecule has 1 aromatic heterocycles. The molecule has 0 atom stereocenters. The van der Waals surface area contributed by atoms with Gasteiger partial charge in [0.05, 0.1) is 18.3 Å². The van der Waals surface area contributed by atoms with Crippen molar-refractivity contribution in [2.75, 3.05) is 12.8 Å². The number of aromatic nitrogens is 2. The molecule has 0 saturated heterocycles. The molecule has 3 N–H and O–H groups in total. The summed E-state index contributed by atoms with van der Waals surface area (Å²) in [6.45, 7) is 1.92. The van der Waals surface area contributed by atoms with Gasteiger partial charge in [-0.1, -0.05) is 11.6 Å². The molecule has 2 rings (SSSR count). The largest absolute Gasteiger partial charge is 0.497 e. The Bertz CT molecular complexity index is 522. The SMILES string of the molecule is COc1cc(C)c(Cl)c(-c2cn[nH]c2N)c1. The molecule has 0 saturated carbocycles. The van der Waals surface area contributed by atoms with Crippen molar-refractivity contribution < 1.29 is 4.74 Å². The fraction of sp³-hybridized carbons (Fsp3) is 0.182. The Morgan fingerprint density at radius 2 is 2.12 bits per heavy atom. The van der Waals surface area contributed by atoms with Crippen molar-refractivity contribution in [3.63, 3.8) is 0 Å². The molecule has 2 aromatic rings. The van der Waals surface area contributed by atoms with E-state index in [0.29, 0.717) is 10.8 Å². The van der Waals surface area contributed by atoms with E-state index in [1.165, 1.54) is 0 Å². The van der Waals surface area contributed by atoms with Crippen molar-refractivity contribution in [1.82, 2.24) is 10.2 Å². The zero-order valence-corrected chi connectivity index (χ0v) is 9.80. The van der Waals surface area contributed by atoms with Gasteiger partial charge >= 0.3 is 0 Å². The number of methoxy groups -OCH3 is 1. The maximum atomic E-state index is 6.23. The van der Waals surface area contributed by atoms with Crippen molar-refractivity contribution in [2.45, 2.75) is 6.92 Å². The van der Waals surface area contributed by atoms with Crippen LogP contribution in [0.5, 0.6) is 5.75 Å². The molecule has 1 aromatic carbocycles. The average Bonchev–Trinajstić information content (AvgIpc) is 2.68. The third kappa shape index (κ3) is 1.72. The average molecular weight is 238 g/mol. The second-order valence-corrected chi connectivity index (χ2v) is 3.88. The summed E-state index contributed by atoms with van der Waals surface area (Å²) in [6.07, 6.45) is 1.65. The summed E-state index contributed by atoms with van der Waals surface area (Å²) in [5.74, 6) is 1.24. The first-order chi connectivity index (χ1) is 7.63. The van der Waals surface area contributed by atoms with Gasteiger partial charge in [-0.05, 0) is 24.6 Å². The van der Waals surface area contributed by atoms with E-state index in [1.807, 2.05) is 19.1 Å². The standard InChI is InChI=1S/C11H12ClN3O/c1-6-3-7(16-2)4-8(10(6)12)9-5-14-15-11(9)13/h3-5H,1-2H3,(H3,13,14,15). The maximum Gasteiger partial charge on any atom is 0.126 e. The van der Waals surface area contributed by atoms with Crippen LogP contribution in [0.15, 0.2) is 18.3 Å². The Morgan fingerprint density at radius 3 is 2.69 bits per heavy atom. The Kier molecular flexibility index (Phi) is 2.75. The Labute approximate surface area is 98.4 Å². The molecule has 0 aliphatic heterocycles. The monoisotopic (exact) mass is 237 g/mol. The quantitative estimate of drug-likeness (QED) is 0.844. The second-order valence-electron chi connectivity index (χ2n) is 3.50. The van der Waals surface area contributed by atoms with Crippen molar-refractivity contribution >= 4 is 17.4 Å². The fourth-order valence-corrected chi connectivity index (χ4v) is 1.77. The Morgan fingerprint density at radius 1 is 1.38 bits per heavy atom. The van der Waals surface area contributed by atoms with Gasteiger partial charge in [-0.15, -0.1) is 0 Å².